The van der Waals surface area contributed by atoms with Gasteiger partial charge in [0, 0.05) is 3.57 Å². The summed E-state index contributed by atoms with van der Waals surface area (Å²) >= 11 is 2.01. The molecule has 1 fully saturated rings. The number of carboxylic acid groups (broad SMARTS) is 1. The van der Waals surface area contributed by atoms with Crippen LogP contribution in [0.25, 0.3) is 0 Å². The number of aromatic carboxylic acids is 1. The maximum atomic E-state index is 11.6. The number of hydrogen-bond donors (Lipinski definition) is 1. The Bertz CT molecular complexity index is 526. The molecule has 1 saturated heterocycles. The van der Waals surface area contributed by atoms with E-state index in [-0.39, 0.29) is 30.2 Å². The van der Waals surface area contributed by atoms with Gasteiger partial charge in [0.1, 0.15) is 0 Å². The number of anilines is 1. The second-order valence-corrected chi connectivity index (χ2v) is 4.83. The second-order valence-electron chi connectivity index (χ2n) is 3.67. The van der Waals surface area contributed by atoms with Crippen molar-refractivity contribution in [2.75, 3.05) is 11.4 Å². The minimum atomic E-state index is -1.05. The summed E-state index contributed by atoms with van der Waals surface area (Å²) in [6.07, 6.45) is -0.104. The van der Waals surface area contributed by atoms with E-state index in [9.17, 15) is 14.4 Å². The predicted molar refractivity (Wildman–Crippen MR) is 68.1 cm³/mol. The zero-order chi connectivity index (χ0) is 12.6. The summed E-state index contributed by atoms with van der Waals surface area (Å²) in [7, 11) is 0. The van der Waals surface area contributed by atoms with Crippen LogP contribution in [0.1, 0.15) is 16.8 Å². The van der Waals surface area contributed by atoms with Crippen molar-refractivity contribution in [3.05, 3.63) is 27.3 Å². The summed E-state index contributed by atoms with van der Waals surface area (Å²) in [6.45, 7) is 0.0257. The average molecular weight is 345 g/mol. The van der Waals surface area contributed by atoms with Crippen molar-refractivity contribution in [2.24, 2.45) is 0 Å². The van der Waals surface area contributed by atoms with Crippen molar-refractivity contribution in [3.63, 3.8) is 0 Å². The Morgan fingerprint density at radius 1 is 1.35 bits per heavy atom. The fraction of sp³-hybridized carbons (Fsp3) is 0.182. The Balaban J connectivity index is 2.44. The monoisotopic (exact) mass is 345 g/mol. The van der Waals surface area contributed by atoms with Crippen LogP contribution in [0.3, 0.4) is 0 Å². The van der Waals surface area contributed by atoms with Crippen molar-refractivity contribution in [2.45, 2.75) is 6.42 Å². The maximum absolute atomic E-state index is 11.6. The lowest BCUT2D eigenvalue weighted by Gasteiger charge is -2.17. The van der Waals surface area contributed by atoms with Crippen molar-refractivity contribution in [3.8, 4) is 0 Å². The normalized spacial score (nSPS) is 15.5. The van der Waals surface area contributed by atoms with E-state index in [2.05, 4.69) is 0 Å². The second kappa shape index (κ2) is 4.44. The predicted octanol–water partition coefficient (Wildman–Crippen LogP) is 1.30. The van der Waals surface area contributed by atoms with Crippen molar-refractivity contribution < 1.29 is 19.5 Å². The lowest BCUT2D eigenvalue weighted by atomic mass is 10.2. The highest BCUT2D eigenvalue weighted by atomic mass is 127. The van der Waals surface area contributed by atoms with E-state index in [0.717, 1.165) is 3.57 Å². The number of rotatable bonds is 2. The molecule has 88 valence electrons. The third-order valence-corrected chi connectivity index (χ3v) is 3.38. The van der Waals surface area contributed by atoms with Gasteiger partial charge in [0.25, 0.3) is 0 Å². The van der Waals surface area contributed by atoms with E-state index in [1.165, 1.54) is 17.0 Å². The van der Waals surface area contributed by atoms with Crippen LogP contribution < -0.4 is 4.90 Å². The summed E-state index contributed by atoms with van der Waals surface area (Å²) in [4.78, 5) is 34.9. The number of benzene rings is 1. The molecule has 17 heavy (non-hydrogen) atoms. The van der Waals surface area contributed by atoms with Gasteiger partial charge in [-0.25, -0.2) is 4.79 Å². The number of halogens is 1. The number of Topliss-reactive ketones (excluding diaryl/α,β-unsaturated/α-hetero) is 1. The fourth-order valence-electron chi connectivity index (χ4n) is 1.66. The van der Waals surface area contributed by atoms with Gasteiger partial charge in [0.05, 0.1) is 24.2 Å². The summed E-state index contributed by atoms with van der Waals surface area (Å²) < 4.78 is 0.746. The molecule has 0 atom stereocenters. The molecule has 1 heterocycles. The number of carboxylic acids is 1. The van der Waals surface area contributed by atoms with E-state index >= 15 is 0 Å². The lowest BCUT2D eigenvalue weighted by molar-refractivity contribution is -0.121. The number of ketones is 1. The molecule has 0 unspecified atom stereocenters. The Morgan fingerprint density at radius 2 is 2.06 bits per heavy atom. The van der Waals surface area contributed by atoms with Crippen LogP contribution >= 0.6 is 22.6 Å². The Hall–Kier alpha value is -1.44. The van der Waals surface area contributed by atoms with Gasteiger partial charge in [-0.1, -0.05) is 0 Å². The van der Waals surface area contributed by atoms with Crippen molar-refractivity contribution >= 4 is 45.9 Å². The first-order valence-electron chi connectivity index (χ1n) is 4.84. The van der Waals surface area contributed by atoms with E-state index in [1.54, 1.807) is 6.07 Å². The van der Waals surface area contributed by atoms with E-state index in [1.807, 2.05) is 22.6 Å². The largest absolute Gasteiger partial charge is 0.478 e. The fourth-order valence-corrected chi connectivity index (χ4v) is 2.28. The summed E-state index contributed by atoms with van der Waals surface area (Å²) in [5, 5.41) is 8.89. The Morgan fingerprint density at radius 3 is 2.59 bits per heavy atom. The highest BCUT2D eigenvalue weighted by Crippen LogP contribution is 2.27. The van der Waals surface area contributed by atoms with E-state index in [0.29, 0.717) is 5.69 Å². The zero-order valence-corrected chi connectivity index (χ0v) is 10.8. The lowest BCUT2D eigenvalue weighted by Crippen LogP contribution is -2.25. The van der Waals surface area contributed by atoms with Crippen LogP contribution in [0, 0.1) is 3.57 Å². The molecule has 0 aliphatic carbocycles. The maximum Gasteiger partial charge on any atom is 0.335 e. The van der Waals surface area contributed by atoms with Crippen molar-refractivity contribution in [1.82, 2.24) is 0 Å². The van der Waals surface area contributed by atoms with Crippen LogP contribution in [0.15, 0.2) is 18.2 Å². The summed E-state index contributed by atoms with van der Waals surface area (Å²) in [6, 6.07) is 4.51. The molecule has 0 aromatic heterocycles. The molecule has 1 aliphatic heterocycles. The summed E-state index contributed by atoms with van der Waals surface area (Å²) in [5.41, 5.74) is 0.592. The molecule has 1 aromatic carbocycles. The molecule has 1 aliphatic rings. The molecular formula is C11H8INO4. The Kier molecular flexibility index (Phi) is 3.14. The molecular weight excluding hydrogens is 337 g/mol. The van der Waals surface area contributed by atoms with Crippen LogP contribution in [0.5, 0.6) is 0 Å². The minimum Gasteiger partial charge on any atom is -0.478 e. The molecule has 1 amide bonds. The van der Waals surface area contributed by atoms with Gasteiger partial charge in [-0.2, -0.15) is 0 Å². The van der Waals surface area contributed by atoms with Gasteiger partial charge in [0.2, 0.25) is 5.91 Å². The molecule has 2 rings (SSSR count). The number of nitrogens with zero attached hydrogens (tertiary/aromatic N) is 1. The number of carbonyl (C=O) groups is 3. The number of amides is 1. The average Bonchev–Trinajstić information content (AvgIpc) is 2.58. The molecule has 0 radical (unpaired) electrons. The summed E-state index contributed by atoms with van der Waals surface area (Å²) in [5.74, 6) is -1.48. The van der Waals surface area contributed by atoms with Crippen LogP contribution in [-0.2, 0) is 9.59 Å². The Labute approximate surface area is 111 Å². The van der Waals surface area contributed by atoms with Crippen LogP contribution in [0.2, 0.25) is 0 Å². The molecule has 1 N–H and O–H groups in total. The van der Waals surface area contributed by atoms with Crippen molar-refractivity contribution in [1.29, 1.82) is 0 Å². The van der Waals surface area contributed by atoms with Gasteiger partial charge in [-0.15, -0.1) is 0 Å². The van der Waals surface area contributed by atoms with Gasteiger partial charge in [0.15, 0.2) is 5.78 Å². The first kappa shape index (κ1) is 12.0. The number of carbonyl (C=O) groups excluding carboxylic acids is 2. The highest BCUT2D eigenvalue weighted by molar-refractivity contribution is 14.1. The molecule has 5 nitrogen and oxygen atoms in total. The van der Waals surface area contributed by atoms with E-state index in [4.69, 9.17) is 5.11 Å². The van der Waals surface area contributed by atoms with Gasteiger partial charge < -0.3 is 10.0 Å². The minimum absolute atomic E-state index is 0.0257. The third kappa shape index (κ3) is 2.31. The smallest absolute Gasteiger partial charge is 0.335 e. The van der Waals surface area contributed by atoms with Crippen LogP contribution in [-0.4, -0.2) is 29.3 Å². The molecule has 0 bridgehead atoms. The molecule has 1 aromatic rings. The quantitative estimate of drug-likeness (QED) is 0.648. The first-order chi connectivity index (χ1) is 7.99. The zero-order valence-electron chi connectivity index (χ0n) is 8.64. The highest BCUT2D eigenvalue weighted by Gasteiger charge is 2.30. The standard InChI is InChI=1S/C11H8INO4/c12-8-2-1-6(11(16)17)3-9(8)13-5-7(14)4-10(13)15/h1-3H,4-5H2,(H,16,17). The van der Waals surface area contributed by atoms with E-state index < -0.39 is 5.97 Å². The molecule has 6 heteroatoms. The molecule has 0 spiro atoms. The van der Waals surface area contributed by atoms with Gasteiger partial charge >= 0.3 is 5.97 Å². The van der Waals surface area contributed by atoms with Gasteiger partial charge in [-0.05, 0) is 40.8 Å². The van der Waals surface area contributed by atoms with Gasteiger partial charge in [-0.3, -0.25) is 9.59 Å². The molecule has 0 saturated carbocycles. The van der Waals surface area contributed by atoms with Crippen LogP contribution in [0.4, 0.5) is 5.69 Å². The third-order valence-electron chi connectivity index (χ3n) is 2.47. The SMILES string of the molecule is O=C1CC(=O)N(c2cc(C(=O)O)ccc2I)C1. The topological polar surface area (TPSA) is 74.7 Å². The first-order valence-corrected chi connectivity index (χ1v) is 5.92. The number of hydrogen-bond acceptors (Lipinski definition) is 3.